The van der Waals surface area contributed by atoms with Gasteiger partial charge in [0, 0.05) is 25.0 Å². The second kappa shape index (κ2) is 8.27. The van der Waals surface area contributed by atoms with Gasteiger partial charge in [-0.3, -0.25) is 19.6 Å². The number of carbonyl (C=O) groups is 2. The molecule has 0 bridgehead atoms. The van der Waals surface area contributed by atoms with Crippen LogP contribution in [0.15, 0.2) is 24.8 Å². The van der Waals surface area contributed by atoms with Gasteiger partial charge in [0.1, 0.15) is 11.4 Å². The van der Waals surface area contributed by atoms with Crippen molar-refractivity contribution in [2.24, 2.45) is 5.92 Å². The standard InChI is InChI=1S/C17H22N6O2/c1-10(2)13(23-17(25)15-9-19-12(4)6-21-15)7-22-16(24)14-8-18-11(3)5-20-14/h5-6,8-10,13H,7H2,1-4H3,(H,22,24)(H,23,25)/t13-/m0/s1. The molecule has 0 fully saturated rings. The van der Waals surface area contributed by atoms with Gasteiger partial charge < -0.3 is 10.6 Å². The Morgan fingerprint density at radius 1 is 0.880 bits per heavy atom. The molecule has 0 aliphatic carbocycles. The van der Waals surface area contributed by atoms with Gasteiger partial charge in [-0.1, -0.05) is 13.8 Å². The summed E-state index contributed by atoms with van der Waals surface area (Å²) in [5.74, 6) is -0.537. The Labute approximate surface area is 146 Å². The summed E-state index contributed by atoms with van der Waals surface area (Å²) in [5, 5.41) is 5.65. The molecule has 2 aromatic rings. The predicted octanol–water partition coefficient (Wildman–Crippen LogP) is 1.07. The van der Waals surface area contributed by atoms with Crippen molar-refractivity contribution >= 4 is 11.8 Å². The van der Waals surface area contributed by atoms with Gasteiger partial charge in [0.15, 0.2) is 0 Å². The number of nitrogens with zero attached hydrogens (tertiary/aromatic N) is 4. The van der Waals surface area contributed by atoms with Crippen molar-refractivity contribution in [2.45, 2.75) is 33.7 Å². The molecule has 2 N–H and O–H groups in total. The lowest BCUT2D eigenvalue weighted by atomic mass is 10.0. The van der Waals surface area contributed by atoms with Crippen molar-refractivity contribution < 1.29 is 9.59 Å². The highest BCUT2D eigenvalue weighted by atomic mass is 16.2. The average molecular weight is 342 g/mol. The van der Waals surface area contributed by atoms with Crippen molar-refractivity contribution in [3.05, 3.63) is 47.6 Å². The molecule has 132 valence electrons. The molecule has 2 aromatic heterocycles. The molecule has 8 heteroatoms. The maximum absolute atomic E-state index is 12.3. The van der Waals surface area contributed by atoms with Crippen LogP contribution in [0.2, 0.25) is 0 Å². The van der Waals surface area contributed by atoms with Crippen molar-refractivity contribution in [1.82, 2.24) is 30.6 Å². The third-order valence-electron chi connectivity index (χ3n) is 3.63. The van der Waals surface area contributed by atoms with E-state index in [0.717, 1.165) is 11.4 Å². The second-order valence-electron chi connectivity index (χ2n) is 6.12. The lowest BCUT2D eigenvalue weighted by Gasteiger charge is -2.22. The van der Waals surface area contributed by atoms with E-state index < -0.39 is 0 Å². The first-order valence-electron chi connectivity index (χ1n) is 8.03. The minimum atomic E-state index is -0.331. The number of aryl methyl sites for hydroxylation is 2. The van der Waals surface area contributed by atoms with E-state index >= 15 is 0 Å². The van der Waals surface area contributed by atoms with Crippen LogP contribution in [0.1, 0.15) is 46.2 Å². The summed E-state index contributed by atoms with van der Waals surface area (Å²) in [4.78, 5) is 40.6. The molecule has 0 aliphatic rings. The van der Waals surface area contributed by atoms with E-state index in [9.17, 15) is 9.59 Å². The molecule has 2 heterocycles. The molecular weight excluding hydrogens is 320 g/mol. The summed E-state index contributed by atoms with van der Waals surface area (Å²) in [7, 11) is 0. The van der Waals surface area contributed by atoms with E-state index in [1.165, 1.54) is 24.8 Å². The Morgan fingerprint density at radius 3 is 1.84 bits per heavy atom. The van der Waals surface area contributed by atoms with Crippen molar-refractivity contribution in [3.63, 3.8) is 0 Å². The summed E-state index contributed by atoms with van der Waals surface area (Å²) in [6.45, 7) is 7.80. The molecule has 0 unspecified atom stereocenters. The minimum absolute atomic E-state index is 0.117. The van der Waals surface area contributed by atoms with Gasteiger partial charge in [-0.05, 0) is 19.8 Å². The van der Waals surface area contributed by atoms with Gasteiger partial charge >= 0.3 is 0 Å². The fourth-order valence-corrected chi connectivity index (χ4v) is 2.01. The molecule has 0 saturated heterocycles. The van der Waals surface area contributed by atoms with E-state index in [4.69, 9.17) is 0 Å². The number of hydrogen-bond acceptors (Lipinski definition) is 6. The zero-order valence-corrected chi connectivity index (χ0v) is 14.8. The summed E-state index contributed by atoms with van der Waals surface area (Å²) in [6, 6.07) is -0.252. The Kier molecular flexibility index (Phi) is 6.10. The van der Waals surface area contributed by atoms with Crippen LogP contribution in [0.4, 0.5) is 0 Å². The molecular formula is C17H22N6O2. The van der Waals surface area contributed by atoms with Crippen LogP contribution in [0.3, 0.4) is 0 Å². The number of nitrogens with one attached hydrogen (secondary N) is 2. The highest BCUT2D eigenvalue weighted by molar-refractivity contribution is 5.93. The first-order valence-corrected chi connectivity index (χ1v) is 8.03. The van der Waals surface area contributed by atoms with Gasteiger partial charge in [0.05, 0.1) is 23.8 Å². The van der Waals surface area contributed by atoms with Crippen molar-refractivity contribution in [3.8, 4) is 0 Å². The van der Waals surface area contributed by atoms with Gasteiger partial charge in [-0.25, -0.2) is 9.97 Å². The van der Waals surface area contributed by atoms with E-state index in [0.29, 0.717) is 0 Å². The van der Waals surface area contributed by atoms with Crippen molar-refractivity contribution in [1.29, 1.82) is 0 Å². The average Bonchev–Trinajstić information content (AvgIpc) is 2.59. The molecule has 25 heavy (non-hydrogen) atoms. The zero-order chi connectivity index (χ0) is 18.4. The fraction of sp³-hybridized carbons (Fsp3) is 0.412. The number of aromatic nitrogens is 4. The normalized spacial score (nSPS) is 11.9. The molecule has 0 spiro atoms. The number of amides is 2. The Hall–Kier alpha value is -2.90. The molecule has 8 nitrogen and oxygen atoms in total. The van der Waals surface area contributed by atoms with Crippen LogP contribution in [0.5, 0.6) is 0 Å². The number of hydrogen-bond donors (Lipinski definition) is 2. The van der Waals surface area contributed by atoms with Gasteiger partial charge in [-0.15, -0.1) is 0 Å². The number of rotatable bonds is 6. The SMILES string of the molecule is Cc1cnc(C(=O)NC[C@H](NC(=O)c2cnc(C)cn2)C(C)C)cn1. The summed E-state index contributed by atoms with van der Waals surface area (Å²) >= 11 is 0. The van der Waals surface area contributed by atoms with Crippen LogP contribution in [-0.2, 0) is 0 Å². The molecule has 0 saturated carbocycles. The third kappa shape index (κ3) is 5.30. The molecule has 0 aliphatic heterocycles. The largest absolute Gasteiger partial charge is 0.349 e. The van der Waals surface area contributed by atoms with Crippen LogP contribution >= 0.6 is 0 Å². The highest BCUT2D eigenvalue weighted by Crippen LogP contribution is 2.03. The fourth-order valence-electron chi connectivity index (χ4n) is 2.01. The quantitative estimate of drug-likeness (QED) is 0.812. The van der Waals surface area contributed by atoms with Gasteiger partial charge in [-0.2, -0.15) is 0 Å². The number of carbonyl (C=O) groups excluding carboxylic acids is 2. The molecule has 2 amide bonds. The summed E-state index contributed by atoms with van der Waals surface area (Å²) < 4.78 is 0. The Morgan fingerprint density at radius 2 is 1.40 bits per heavy atom. The molecule has 1 atom stereocenters. The molecule has 0 radical (unpaired) electrons. The lowest BCUT2D eigenvalue weighted by molar-refractivity contribution is 0.0891. The van der Waals surface area contributed by atoms with E-state index in [-0.39, 0.29) is 41.7 Å². The monoisotopic (exact) mass is 342 g/mol. The first kappa shape index (κ1) is 18.4. The second-order valence-corrected chi connectivity index (χ2v) is 6.12. The molecule has 2 rings (SSSR count). The Balaban J connectivity index is 1.96. The van der Waals surface area contributed by atoms with Crippen LogP contribution in [-0.4, -0.2) is 44.3 Å². The smallest absolute Gasteiger partial charge is 0.271 e. The minimum Gasteiger partial charge on any atom is -0.349 e. The maximum atomic E-state index is 12.3. The van der Waals surface area contributed by atoms with Crippen molar-refractivity contribution in [2.75, 3.05) is 6.54 Å². The third-order valence-corrected chi connectivity index (χ3v) is 3.63. The van der Waals surface area contributed by atoms with Crippen LogP contribution in [0.25, 0.3) is 0 Å². The highest BCUT2D eigenvalue weighted by Gasteiger charge is 2.19. The Bertz CT molecular complexity index is 728. The lowest BCUT2D eigenvalue weighted by Crippen LogP contribution is -2.47. The first-order chi connectivity index (χ1) is 11.9. The predicted molar refractivity (Wildman–Crippen MR) is 92.0 cm³/mol. The maximum Gasteiger partial charge on any atom is 0.271 e. The summed E-state index contributed by atoms with van der Waals surface area (Å²) in [6.07, 6.45) is 5.93. The van der Waals surface area contributed by atoms with Gasteiger partial charge in [0.25, 0.3) is 11.8 Å². The van der Waals surface area contributed by atoms with Crippen LogP contribution in [0, 0.1) is 19.8 Å². The van der Waals surface area contributed by atoms with Crippen LogP contribution < -0.4 is 10.6 Å². The summed E-state index contributed by atoms with van der Waals surface area (Å²) in [5.41, 5.74) is 1.96. The van der Waals surface area contributed by atoms with Gasteiger partial charge in [0.2, 0.25) is 0 Å². The molecule has 0 aromatic carbocycles. The zero-order valence-electron chi connectivity index (χ0n) is 14.8. The van der Waals surface area contributed by atoms with E-state index in [1.807, 2.05) is 13.8 Å². The van der Waals surface area contributed by atoms with E-state index in [1.54, 1.807) is 13.8 Å². The van der Waals surface area contributed by atoms with E-state index in [2.05, 4.69) is 30.6 Å². The topological polar surface area (TPSA) is 110 Å².